The summed E-state index contributed by atoms with van der Waals surface area (Å²) >= 11 is 0. The van der Waals surface area contributed by atoms with E-state index in [2.05, 4.69) is 20.1 Å². The van der Waals surface area contributed by atoms with E-state index < -0.39 is 6.17 Å². The Morgan fingerprint density at radius 3 is 2.49 bits per heavy atom. The average molecular weight is 507 g/mol. The van der Waals surface area contributed by atoms with E-state index in [1.807, 2.05) is 50.9 Å². The maximum Gasteiger partial charge on any atom is 0.180 e. The molecule has 0 saturated carbocycles. The zero-order valence-electron chi connectivity index (χ0n) is 21.7. The van der Waals surface area contributed by atoms with Crippen LogP contribution in [0, 0.1) is 0 Å². The van der Waals surface area contributed by atoms with E-state index in [-0.39, 0.29) is 5.76 Å². The predicted octanol–water partition coefficient (Wildman–Crippen LogP) is 3.97. The monoisotopic (exact) mass is 506 g/mol. The van der Waals surface area contributed by atoms with Gasteiger partial charge in [0.05, 0.1) is 38.5 Å². The van der Waals surface area contributed by atoms with Gasteiger partial charge in [-0.1, -0.05) is 6.92 Å². The third kappa shape index (κ3) is 6.29. The summed E-state index contributed by atoms with van der Waals surface area (Å²) in [4.78, 5) is 16.1. The number of aryl methyl sites for hydroxylation is 2. The molecule has 0 aliphatic heterocycles. The van der Waals surface area contributed by atoms with Crippen molar-refractivity contribution >= 4 is 17.0 Å². The number of rotatable bonds is 11. The summed E-state index contributed by atoms with van der Waals surface area (Å²) in [5.41, 5.74) is 3.78. The Hall–Kier alpha value is -4.28. The standard InChI is InChI=1S/C26H31FN8O2/c1-6-21(27)24(37-5)11-20(36-4)9-10-35(16-18-12-29-33(2)15-18)25-8-7-22-26(32-25)31-23(14-28-22)19-13-30-34(3)17-19/h7-9,11-15,17,21H,6,10,16H2,1-5H3/b20-9+,24-11+. The first kappa shape index (κ1) is 25.8. The summed E-state index contributed by atoms with van der Waals surface area (Å²) in [5, 5.41) is 8.50. The first-order chi connectivity index (χ1) is 17.9. The van der Waals surface area contributed by atoms with Crippen molar-refractivity contribution in [3.05, 3.63) is 72.4 Å². The van der Waals surface area contributed by atoms with Crippen LogP contribution in [-0.2, 0) is 30.1 Å². The molecular formula is C26H31FN8O2. The third-order valence-corrected chi connectivity index (χ3v) is 5.78. The van der Waals surface area contributed by atoms with Crippen LogP contribution in [0.5, 0.6) is 0 Å². The minimum absolute atomic E-state index is 0.219. The van der Waals surface area contributed by atoms with E-state index in [4.69, 9.17) is 19.4 Å². The van der Waals surface area contributed by atoms with Crippen LogP contribution in [0.3, 0.4) is 0 Å². The van der Waals surface area contributed by atoms with Gasteiger partial charge in [-0.2, -0.15) is 10.2 Å². The fourth-order valence-electron chi connectivity index (χ4n) is 3.79. The minimum atomic E-state index is -1.20. The summed E-state index contributed by atoms with van der Waals surface area (Å²) in [5.74, 6) is 1.41. The van der Waals surface area contributed by atoms with Crippen LogP contribution in [0.25, 0.3) is 22.4 Å². The Balaban J connectivity index is 1.68. The van der Waals surface area contributed by atoms with Crippen LogP contribution in [0.1, 0.15) is 18.9 Å². The number of hydrogen-bond donors (Lipinski definition) is 0. The first-order valence-corrected chi connectivity index (χ1v) is 11.9. The van der Waals surface area contributed by atoms with Gasteiger partial charge in [0.2, 0.25) is 0 Å². The fourth-order valence-corrected chi connectivity index (χ4v) is 3.79. The minimum Gasteiger partial charge on any atom is -0.498 e. The molecule has 1 atom stereocenters. The highest BCUT2D eigenvalue weighted by Crippen LogP contribution is 2.22. The molecule has 0 bridgehead atoms. The van der Waals surface area contributed by atoms with Gasteiger partial charge in [-0.25, -0.2) is 14.4 Å². The quantitative estimate of drug-likeness (QED) is 0.223. The lowest BCUT2D eigenvalue weighted by Gasteiger charge is -2.22. The Morgan fingerprint density at radius 1 is 1.05 bits per heavy atom. The SMILES string of the molecule is CCC(F)/C(=C\C(=C/CN(Cc1cnn(C)c1)c1ccc2ncc(-c3cnn(C)c3)nc2n1)OC)OC. The van der Waals surface area contributed by atoms with E-state index >= 15 is 0 Å². The molecule has 0 aliphatic rings. The van der Waals surface area contributed by atoms with Gasteiger partial charge in [0.15, 0.2) is 11.8 Å². The van der Waals surface area contributed by atoms with Crippen molar-refractivity contribution in [3.8, 4) is 11.3 Å². The molecule has 0 aromatic carbocycles. The molecule has 37 heavy (non-hydrogen) atoms. The molecule has 10 nitrogen and oxygen atoms in total. The predicted molar refractivity (Wildman–Crippen MR) is 139 cm³/mol. The van der Waals surface area contributed by atoms with E-state index in [1.165, 1.54) is 7.11 Å². The van der Waals surface area contributed by atoms with Crippen LogP contribution in [0.15, 0.2) is 66.8 Å². The average Bonchev–Trinajstić information content (AvgIpc) is 3.54. The highest BCUT2D eigenvalue weighted by Gasteiger charge is 2.15. The highest BCUT2D eigenvalue weighted by molar-refractivity contribution is 5.75. The molecule has 1 unspecified atom stereocenters. The molecule has 4 rings (SSSR count). The first-order valence-electron chi connectivity index (χ1n) is 11.9. The number of allylic oxidation sites excluding steroid dienone is 2. The Morgan fingerprint density at radius 2 is 1.84 bits per heavy atom. The molecule has 0 saturated heterocycles. The highest BCUT2D eigenvalue weighted by atomic mass is 19.1. The molecule has 194 valence electrons. The molecule has 0 N–H and O–H groups in total. The van der Waals surface area contributed by atoms with Gasteiger partial charge in [0.1, 0.15) is 22.9 Å². The molecule has 4 heterocycles. The molecule has 0 fully saturated rings. The zero-order valence-corrected chi connectivity index (χ0v) is 21.7. The van der Waals surface area contributed by atoms with Crippen molar-refractivity contribution in [1.29, 1.82) is 0 Å². The summed E-state index contributed by atoms with van der Waals surface area (Å²) in [6.45, 7) is 2.73. The van der Waals surface area contributed by atoms with Gasteiger partial charge in [0.25, 0.3) is 0 Å². The number of pyridine rings is 1. The summed E-state index contributed by atoms with van der Waals surface area (Å²) in [7, 11) is 6.73. The number of alkyl halides is 1. The van der Waals surface area contributed by atoms with Crippen molar-refractivity contribution in [3.63, 3.8) is 0 Å². The topological polar surface area (TPSA) is 96.0 Å². The molecule has 4 aromatic rings. The fraction of sp³-hybridized carbons (Fsp3) is 0.346. The maximum atomic E-state index is 14.2. The van der Waals surface area contributed by atoms with Crippen molar-refractivity contribution in [2.45, 2.75) is 26.1 Å². The Bertz CT molecular complexity index is 1410. The van der Waals surface area contributed by atoms with Gasteiger partial charge < -0.3 is 14.4 Å². The second kappa shape index (κ2) is 11.6. The van der Waals surface area contributed by atoms with Crippen LogP contribution in [0.4, 0.5) is 10.2 Å². The molecular weight excluding hydrogens is 475 g/mol. The normalized spacial score (nSPS) is 13.1. The number of hydrogen-bond acceptors (Lipinski definition) is 8. The molecule has 0 amide bonds. The molecule has 0 aliphatic carbocycles. The summed E-state index contributed by atoms with van der Waals surface area (Å²) < 4.78 is 28.4. The smallest absolute Gasteiger partial charge is 0.180 e. The van der Waals surface area contributed by atoms with Crippen molar-refractivity contribution in [2.24, 2.45) is 14.1 Å². The van der Waals surface area contributed by atoms with Gasteiger partial charge in [-0.05, 0) is 24.6 Å². The Kier molecular flexibility index (Phi) is 8.11. The largest absolute Gasteiger partial charge is 0.498 e. The van der Waals surface area contributed by atoms with Crippen molar-refractivity contribution in [2.75, 3.05) is 25.7 Å². The number of anilines is 1. The van der Waals surface area contributed by atoms with Gasteiger partial charge in [0, 0.05) is 56.8 Å². The molecule has 0 radical (unpaired) electrons. The number of ether oxygens (including phenoxy) is 2. The molecule has 11 heteroatoms. The number of fused-ring (bicyclic) bond motifs is 1. The van der Waals surface area contributed by atoms with Crippen molar-refractivity contribution in [1.82, 2.24) is 34.5 Å². The number of aromatic nitrogens is 7. The summed E-state index contributed by atoms with van der Waals surface area (Å²) in [6.07, 6.45) is 11.7. The lowest BCUT2D eigenvalue weighted by atomic mass is 10.2. The number of nitrogens with zero attached hydrogens (tertiary/aromatic N) is 8. The van der Waals surface area contributed by atoms with Gasteiger partial charge >= 0.3 is 0 Å². The van der Waals surface area contributed by atoms with Crippen LogP contribution < -0.4 is 4.90 Å². The maximum absolute atomic E-state index is 14.2. The number of methoxy groups -OCH3 is 2. The van der Waals surface area contributed by atoms with Crippen molar-refractivity contribution < 1.29 is 13.9 Å². The van der Waals surface area contributed by atoms with Crippen LogP contribution in [-0.4, -0.2) is 61.4 Å². The van der Waals surface area contributed by atoms with Crippen LogP contribution >= 0.6 is 0 Å². The second-order valence-corrected chi connectivity index (χ2v) is 8.51. The van der Waals surface area contributed by atoms with Crippen LogP contribution in [0.2, 0.25) is 0 Å². The molecule has 4 aromatic heterocycles. The summed E-state index contributed by atoms with van der Waals surface area (Å²) in [6, 6.07) is 3.80. The lowest BCUT2D eigenvalue weighted by Crippen LogP contribution is -2.24. The Labute approximate surface area is 215 Å². The lowest BCUT2D eigenvalue weighted by molar-refractivity contribution is 0.196. The zero-order chi connectivity index (χ0) is 26.4. The van der Waals surface area contributed by atoms with E-state index in [1.54, 1.807) is 41.9 Å². The van der Waals surface area contributed by atoms with Gasteiger partial charge in [-0.15, -0.1) is 0 Å². The number of halogens is 1. The van der Waals surface area contributed by atoms with E-state index in [9.17, 15) is 4.39 Å². The second-order valence-electron chi connectivity index (χ2n) is 8.51. The third-order valence-electron chi connectivity index (χ3n) is 5.78. The van der Waals surface area contributed by atoms with Gasteiger partial charge in [-0.3, -0.25) is 14.3 Å². The van der Waals surface area contributed by atoms with E-state index in [0.717, 1.165) is 11.1 Å². The molecule has 0 spiro atoms. The van der Waals surface area contributed by atoms with E-state index in [0.29, 0.717) is 47.9 Å².